The molecule has 0 bridgehead atoms. The van der Waals surface area contributed by atoms with Crippen LogP contribution in [0, 0.1) is 0 Å². The van der Waals surface area contributed by atoms with Crippen LogP contribution in [-0.4, -0.2) is 27.9 Å². The van der Waals surface area contributed by atoms with E-state index < -0.39 is 0 Å². The van der Waals surface area contributed by atoms with Crippen LogP contribution in [0.4, 0.5) is 0 Å². The largest absolute Gasteiger partial charge is 0.496 e. The Labute approximate surface area is 95.5 Å². The van der Waals surface area contributed by atoms with Crippen molar-refractivity contribution in [1.82, 2.24) is 5.32 Å². The first kappa shape index (κ1) is 11.1. The molecule has 1 saturated heterocycles. The zero-order valence-corrected chi connectivity index (χ0v) is 10.1. The molecule has 1 aliphatic heterocycles. The second kappa shape index (κ2) is 3.87. The normalized spacial score (nSPS) is 22.8. The highest BCUT2D eigenvalue weighted by Gasteiger charge is 2.43. The molecule has 1 aromatic rings. The zero-order valence-electron chi connectivity index (χ0n) is 10.1. The van der Waals surface area contributed by atoms with Crippen LogP contribution in [0.5, 0.6) is 17.2 Å². The third kappa shape index (κ3) is 1.69. The van der Waals surface area contributed by atoms with E-state index in [1.165, 1.54) is 0 Å². The molecule has 0 spiro atoms. The topological polar surface area (TPSA) is 49.6 Å². The van der Waals surface area contributed by atoms with E-state index in [2.05, 4.69) is 12.2 Å². The van der Waals surface area contributed by atoms with Crippen LogP contribution in [-0.2, 0) is 5.54 Å². The predicted molar refractivity (Wildman–Crippen MR) is 61.5 cm³/mol. The minimum atomic E-state index is -0.0387. The summed E-state index contributed by atoms with van der Waals surface area (Å²) in [4.78, 5) is 0. The highest BCUT2D eigenvalue weighted by Crippen LogP contribution is 2.44. The van der Waals surface area contributed by atoms with E-state index in [1.54, 1.807) is 21.3 Å². The van der Waals surface area contributed by atoms with E-state index >= 15 is 0 Å². The van der Waals surface area contributed by atoms with Crippen molar-refractivity contribution < 1.29 is 14.2 Å². The van der Waals surface area contributed by atoms with E-state index in [9.17, 15) is 0 Å². The summed E-state index contributed by atoms with van der Waals surface area (Å²) >= 11 is 0. The Kier molecular flexibility index (Phi) is 2.68. The van der Waals surface area contributed by atoms with Gasteiger partial charge in [-0.05, 0) is 6.92 Å². The average molecular weight is 223 g/mol. The molecule has 1 N–H and O–H groups in total. The number of ether oxygens (including phenoxy) is 3. The highest BCUT2D eigenvalue weighted by molar-refractivity contribution is 5.56. The fourth-order valence-electron chi connectivity index (χ4n) is 1.86. The zero-order chi connectivity index (χ0) is 11.8. The first-order valence-electron chi connectivity index (χ1n) is 5.20. The molecule has 0 amide bonds. The molecular formula is C12H17NO3. The SMILES string of the molecule is COc1cc(OC)c(C2(C)CN2)c(OC)c1. The molecule has 1 unspecified atom stereocenters. The lowest BCUT2D eigenvalue weighted by Crippen LogP contribution is -2.11. The summed E-state index contributed by atoms with van der Waals surface area (Å²) in [6.07, 6.45) is 0. The molecule has 4 nitrogen and oxygen atoms in total. The van der Waals surface area contributed by atoms with Gasteiger partial charge in [0.1, 0.15) is 17.2 Å². The molecule has 1 atom stereocenters. The van der Waals surface area contributed by atoms with Gasteiger partial charge >= 0.3 is 0 Å². The second-order valence-corrected chi connectivity index (χ2v) is 4.09. The first-order valence-corrected chi connectivity index (χ1v) is 5.20. The first-order chi connectivity index (χ1) is 7.64. The summed E-state index contributed by atoms with van der Waals surface area (Å²) in [5.74, 6) is 2.33. The van der Waals surface area contributed by atoms with Gasteiger partial charge in [0.15, 0.2) is 0 Å². The van der Waals surface area contributed by atoms with Crippen molar-refractivity contribution in [3.8, 4) is 17.2 Å². The molecule has 2 rings (SSSR count). The van der Waals surface area contributed by atoms with E-state index in [-0.39, 0.29) is 5.54 Å². The van der Waals surface area contributed by atoms with E-state index in [0.717, 1.165) is 29.4 Å². The summed E-state index contributed by atoms with van der Waals surface area (Å²) < 4.78 is 16.0. The maximum Gasteiger partial charge on any atom is 0.131 e. The van der Waals surface area contributed by atoms with Gasteiger partial charge in [-0.3, -0.25) is 0 Å². The molecule has 1 aromatic carbocycles. The van der Waals surface area contributed by atoms with Crippen molar-refractivity contribution in [1.29, 1.82) is 0 Å². The van der Waals surface area contributed by atoms with Gasteiger partial charge in [-0.15, -0.1) is 0 Å². The number of methoxy groups -OCH3 is 3. The molecular weight excluding hydrogens is 206 g/mol. The van der Waals surface area contributed by atoms with Crippen molar-refractivity contribution >= 4 is 0 Å². The lowest BCUT2D eigenvalue weighted by atomic mass is 9.98. The lowest BCUT2D eigenvalue weighted by molar-refractivity contribution is 0.363. The van der Waals surface area contributed by atoms with Gasteiger partial charge < -0.3 is 19.5 Å². The predicted octanol–water partition coefficient (Wildman–Crippen LogP) is 1.53. The van der Waals surface area contributed by atoms with E-state index in [4.69, 9.17) is 14.2 Å². The summed E-state index contributed by atoms with van der Waals surface area (Å²) in [7, 11) is 4.94. The molecule has 1 aliphatic rings. The molecule has 0 aliphatic carbocycles. The summed E-state index contributed by atoms with van der Waals surface area (Å²) in [5, 5.41) is 3.31. The fourth-order valence-corrected chi connectivity index (χ4v) is 1.86. The molecule has 1 fully saturated rings. The van der Waals surface area contributed by atoms with Gasteiger partial charge in [-0.2, -0.15) is 0 Å². The number of hydrogen-bond donors (Lipinski definition) is 1. The number of benzene rings is 1. The van der Waals surface area contributed by atoms with Crippen LogP contribution in [0.15, 0.2) is 12.1 Å². The van der Waals surface area contributed by atoms with Gasteiger partial charge in [-0.1, -0.05) is 0 Å². The number of nitrogens with one attached hydrogen (secondary N) is 1. The van der Waals surface area contributed by atoms with Gasteiger partial charge in [0.2, 0.25) is 0 Å². The molecule has 1 heterocycles. The molecule has 16 heavy (non-hydrogen) atoms. The van der Waals surface area contributed by atoms with Crippen molar-refractivity contribution in [3.63, 3.8) is 0 Å². The van der Waals surface area contributed by atoms with E-state index in [1.807, 2.05) is 12.1 Å². The van der Waals surface area contributed by atoms with Crippen molar-refractivity contribution in [2.75, 3.05) is 27.9 Å². The Hall–Kier alpha value is -1.42. The average Bonchev–Trinajstić information content (AvgIpc) is 3.06. The fraction of sp³-hybridized carbons (Fsp3) is 0.500. The van der Waals surface area contributed by atoms with Crippen molar-refractivity contribution in [3.05, 3.63) is 17.7 Å². The Morgan fingerprint density at radius 1 is 1.06 bits per heavy atom. The van der Waals surface area contributed by atoms with Crippen LogP contribution >= 0.6 is 0 Å². The van der Waals surface area contributed by atoms with E-state index in [0.29, 0.717) is 0 Å². The number of hydrogen-bond acceptors (Lipinski definition) is 4. The summed E-state index contributed by atoms with van der Waals surface area (Å²) in [6, 6.07) is 3.76. The van der Waals surface area contributed by atoms with Crippen LogP contribution in [0.2, 0.25) is 0 Å². The van der Waals surface area contributed by atoms with Crippen LogP contribution < -0.4 is 19.5 Å². The Morgan fingerprint density at radius 2 is 1.56 bits per heavy atom. The van der Waals surface area contributed by atoms with Gasteiger partial charge in [0, 0.05) is 18.7 Å². The third-order valence-electron chi connectivity index (χ3n) is 2.97. The second-order valence-electron chi connectivity index (χ2n) is 4.09. The smallest absolute Gasteiger partial charge is 0.131 e. The molecule has 88 valence electrons. The Bertz CT molecular complexity index is 374. The van der Waals surface area contributed by atoms with Gasteiger partial charge in [-0.25, -0.2) is 0 Å². The summed E-state index contributed by atoms with van der Waals surface area (Å²) in [5.41, 5.74) is 1.02. The molecule has 4 heteroatoms. The highest BCUT2D eigenvalue weighted by atomic mass is 16.5. The van der Waals surface area contributed by atoms with Crippen LogP contribution in [0.1, 0.15) is 12.5 Å². The molecule has 0 aromatic heterocycles. The molecule has 0 saturated carbocycles. The van der Waals surface area contributed by atoms with Crippen LogP contribution in [0.25, 0.3) is 0 Å². The minimum absolute atomic E-state index is 0.0387. The summed E-state index contributed by atoms with van der Waals surface area (Å²) in [6.45, 7) is 3.06. The standard InChI is InChI=1S/C12H17NO3/c1-12(7-13-12)11-9(15-3)5-8(14-2)6-10(11)16-4/h5-6,13H,7H2,1-4H3. The maximum absolute atomic E-state index is 5.40. The number of rotatable bonds is 4. The van der Waals surface area contributed by atoms with Gasteiger partial charge in [0.05, 0.1) is 32.4 Å². The molecule has 0 radical (unpaired) electrons. The quantitative estimate of drug-likeness (QED) is 0.786. The lowest BCUT2D eigenvalue weighted by Gasteiger charge is -2.18. The van der Waals surface area contributed by atoms with Crippen molar-refractivity contribution in [2.45, 2.75) is 12.5 Å². The van der Waals surface area contributed by atoms with Crippen LogP contribution in [0.3, 0.4) is 0 Å². The van der Waals surface area contributed by atoms with Gasteiger partial charge in [0.25, 0.3) is 0 Å². The third-order valence-corrected chi connectivity index (χ3v) is 2.97. The van der Waals surface area contributed by atoms with Crippen molar-refractivity contribution in [2.24, 2.45) is 0 Å². The monoisotopic (exact) mass is 223 g/mol. The Balaban J connectivity index is 2.55. The Morgan fingerprint density at radius 3 is 1.88 bits per heavy atom. The minimum Gasteiger partial charge on any atom is -0.496 e. The maximum atomic E-state index is 5.40.